The molecule has 2 atom stereocenters. The van der Waals surface area contributed by atoms with E-state index >= 15 is 0 Å². The van der Waals surface area contributed by atoms with Crippen LogP contribution in [-0.2, 0) is 21.3 Å². The highest BCUT2D eigenvalue weighted by Crippen LogP contribution is 2.25. The van der Waals surface area contributed by atoms with Crippen molar-refractivity contribution in [2.75, 3.05) is 7.11 Å². The minimum atomic E-state index is -1.48. The number of hydrogen-bond donors (Lipinski definition) is 1. The molecule has 0 saturated carbocycles. The smallest absolute Gasteiger partial charge is 0.319 e. The Morgan fingerprint density at radius 2 is 2.16 bits per heavy atom. The Kier molecular flexibility index (Phi) is 5.47. The number of aromatic nitrogens is 1. The van der Waals surface area contributed by atoms with E-state index in [4.69, 9.17) is 9.84 Å². The molecule has 1 N–H and O–H groups in total. The Balaban J connectivity index is 3.00. The molecule has 1 aromatic heterocycles. The number of carboxylic acids is 1. The molecule has 0 fully saturated rings. The molecule has 0 aliphatic carbocycles. The zero-order chi connectivity index (χ0) is 14.6. The Hall–Kier alpha value is -1.43. The number of carboxylic acid groups (broad SMARTS) is 1. The Morgan fingerprint density at radius 1 is 1.53 bits per heavy atom. The zero-order valence-corrected chi connectivity index (χ0v) is 12.4. The molecular formula is C13H19NO4S. The summed E-state index contributed by atoms with van der Waals surface area (Å²) in [5, 5.41) is 8.14. The predicted octanol–water partition coefficient (Wildman–Crippen LogP) is 1.82. The molecule has 1 rings (SSSR count). The van der Waals surface area contributed by atoms with Crippen molar-refractivity contribution in [3.63, 3.8) is 0 Å². The van der Waals surface area contributed by atoms with Gasteiger partial charge >= 0.3 is 5.97 Å². The summed E-state index contributed by atoms with van der Waals surface area (Å²) in [5.41, 5.74) is 2.34. The summed E-state index contributed by atoms with van der Waals surface area (Å²) in [6, 6.07) is 0. The maximum atomic E-state index is 12.1. The molecule has 106 valence electrons. The lowest BCUT2D eigenvalue weighted by Gasteiger charge is -2.14. The Morgan fingerprint density at radius 3 is 2.63 bits per heavy atom. The Labute approximate surface area is 115 Å². The van der Waals surface area contributed by atoms with Crippen molar-refractivity contribution >= 4 is 16.8 Å². The van der Waals surface area contributed by atoms with Crippen LogP contribution < -0.4 is 4.74 Å². The quantitative estimate of drug-likeness (QED) is 0.862. The van der Waals surface area contributed by atoms with Crippen LogP contribution in [0.1, 0.15) is 30.2 Å². The third-order valence-corrected chi connectivity index (χ3v) is 4.72. The van der Waals surface area contributed by atoms with Crippen molar-refractivity contribution in [1.82, 2.24) is 4.98 Å². The molecule has 0 radical (unpaired) electrons. The maximum absolute atomic E-state index is 12.1. The highest BCUT2D eigenvalue weighted by Gasteiger charge is 2.24. The van der Waals surface area contributed by atoms with Crippen molar-refractivity contribution < 1.29 is 18.8 Å². The summed E-state index contributed by atoms with van der Waals surface area (Å²) in [7, 11) is 0.0879. The van der Waals surface area contributed by atoms with Gasteiger partial charge in [-0.05, 0) is 20.3 Å². The normalized spacial score (nSPS) is 13.9. The standard InChI is InChI=1S/C13H19NO4S/c1-5-11(13(15)16)19(17)7-10-9(3)12(18-4)8(2)6-14-10/h6,11H,5,7H2,1-4H3,(H,15,16). The van der Waals surface area contributed by atoms with Crippen LogP contribution in [0.5, 0.6) is 5.75 Å². The average Bonchev–Trinajstić information content (AvgIpc) is 2.34. The van der Waals surface area contributed by atoms with Gasteiger partial charge in [0.2, 0.25) is 0 Å². The number of carbonyl (C=O) groups is 1. The summed E-state index contributed by atoms with van der Waals surface area (Å²) in [6.07, 6.45) is 1.99. The molecule has 0 aliphatic heterocycles. The van der Waals surface area contributed by atoms with Gasteiger partial charge in [-0.15, -0.1) is 0 Å². The van der Waals surface area contributed by atoms with Crippen LogP contribution in [0.4, 0.5) is 0 Å². The molecule has 0 aromatic carbocycles. The van der Waals surface area contributed by atoms with E-state index in [0.717, 1.165) is 11.1 Å². The number of ether oxygens (including phenoxy) is 1. The SMILES string of the molecule is CCC(C(=O)O)S(=O)Cc1ncc(C)c(OC)c1C. The number of rotatable bonds is 6. The van der Waals surface area contributed by atoms with Crippen LogP contribution in [0.3, 0.4) is 0 Å². The second-order valence-electron chi connectivity index (χ2n) is 4.31. The molecule has 0 aliphatic rings. The van der Waals surface area contributed by atoms with Gasteiger partial charge < -0.3 is 9.84 Å². The molecule has 0 bridgehead atoms. The van der Waals surface area contributed by atoms with E-state index in [1.807, 2.05) is 13.8 Å². The fraction of sp³-hybridized carbons (Fsp3) is 0.538. The molecule has 6 heteroatoms. The third-order valence-electron chi connectivity index (χ3n) is 2.99. The van der Waals surface area contributed by atoms with Gasteiger partial charge in [-0.2, -0.15) is 0 Å². The lowest BCUT2D eigenvalue weighted by Crippen LogP contribution is -2.26. The van der Waals surface area contributed by atoms with E-state index in [0.29, 0.717) is 17.9 Å². The van der Waals surface area contributed by atoms with Gasteiger partial charge in [0.15, 0.2) is 0 Å². The summed E-state index contributed by atoms with van der Waals surface area (Å²) < 4.78 is 17.3. The van der Waals surface area contributed by atoms with Crippen LogP contribution in [0.15, 0.2) is 6.20 Å². The summed E-state index contributed by atoms with van der Waals surface area (Å²) in [6.45, 7) is 5.44. The van der Waals surface area contributed by atoms with Crippen molar-refractivity contribution in [3.05, 3.63) is 23.0 Å². The molecule has 0 amide bonds. The number of methoxy groups -OCH3 is 1. The van der Waals surface area contributed by atoms with E-state index in [-0.39, 0.29) is 5.75 Å². The summed E-state index contributed by atoms with van der Waals surface area (Å²) in [5.74, 6) is -0.185. The minimum Gasteiger partial charge on any atom is -0.496 e. The van der Waals surface area contributed by atoms with Gasteiger partial charge in [-0.3, -0.25) is 14.0 Å². The molecular weight excluding hydrogens is 266 g/mol. The monoisotopic (exact) mass is 285 g/mol. The molecule has 0 saturated heterocycles. The number of hydrogen-bond acceptors (Lipinski definition) is 4. The number of nitrogens with zero attached hydrogens (tertiary/aromatic N) is 1. The third kappa shape index (κ3) is 3.53. The van der Waals surface area contributed by atoms with E-state index in [2.05, 4.69) is 4.98 Å². The van der Waals surface area contributed by atoms with Crippen LogP contribution >= 0.6 is 0 Å². The number of aryl methyl sites for hydroxylation is 1. The van der Waals surface area contributed by atoms with Gasteiger partial charge in [0, 0.05) is 28.1 Å². The Bertz CT molecular complexity index is 502. The molecule has 0 spiro atoms. The van der Waals surface area contributed by atoms with E-state index < -0.39 is 22.0 Å². The molecule has 2 unspecified atom stereocenters. The van der Waals surface area contributed by atoms with Crippen LogP contribution in [0, 0.1) is 13.8 Å². The first kappa shape index (κ1) is 15.6. The number of aliphatic carboxylic acids is 1. The fourth-order valence-electron chi connectivity index (χ4n) is 1.92. The highest BCUT2D eigenvalue weighted by atomic mass is 32.2. The van der Waals surface area contributed by atoms with Gasteiger partial charge in [0.1, 0.15) is 11.0 Å². The summed E-state index contributed by atoms with van der Waals surface area (Å²) >= 11 is 0. The highest BCUT2D eigenvalue weighted by molar-refractivity contribution is 7.85. The molecule has 1 heterocycles. The van der Waals surface area contributed by atoms with Crippen LogP contribution in [-0.4, -0.2) is 32.6 Å². The number of pyridine rings is 1. The molecule has 5 nitrogen and oxygen atoms in total. The van der Waals surface area contributed by atoms with Crippen LogP contribution in [0.2, 0.25) is 0 Å². The molecule has 19 heavy (non-hydrogen) atoms. The van der Waals surface area contributed by atoms with Crippen molar-refractivity contribution in [1.29, 1.82) is 0 Å². The van der Waals surface area contributed by atoms with Crippen LogP contribution in [0.25, 0.3) is 0 Å². The second-order valence-corrected chi connectivity index (χ2v) is 5.93. The van der Waals surface area contributed by atoms with Gasteiger partial charge in [0.05, 0.1) is 18.6 Å². The first-order valence-electron chi connectivity index (χ1n) is 6.01. The fourth-order valence-corrected chi connectivity index (χ4v) is 3.28. The lowest BCUT2D eigenvalue weighted by molar-refractivity contribution is -0.136. The van der Waals surface area contributed by atoms with E-state index in [1.54, 1.807) is 20.2 Å². The minimum absolute atomic E-state index is 0.132. The first-order valence-corrected chi connectivity index (χ1v) is 7.39. The predicted molar refractivity (Wildman–Crippen MR) is 73.8 cm³/mol. The van der Waals surface area contributed by atoms with Gasteiger partial charge in [-0.1, -0.05) is 6.92 Å². The van der Waals surface area contributed by atoms with Gasteiger partial charge in [-0.25, -0.2) is 0 Å². The van der Waals surface area contributed by atoms with E-state index in [9.17, 15) is 9.00 Å². The van der Waals surface area contributed by atoms with Crippen molar-refractivity contribution in [2.24, 2.45) is 0 Å². The zero-order valence-electron chi connectivity index (χ0n) is 11.6. The first-order chi connectivity index (χ1) is 8.92. The van der Waals surface area contributed by atoms with Crippen molar-refractivity contribution in [2.45, 2.75) is 38.2 Å². The van der Waals surface area contributed by atoms with E-state index in [1.165, 1.54) is 0 Å². The van der Waals surface area contributed by atoms with Gasteiger partial charge in [0.25, 0.3) is 0 Å². The molecule has 1 aromatic rings. The lowest BCUT2D eigenvalue weighted by atomic mass is 10.1. The van der Waals surface area contributed by atoms with Crippen molar-refractivity contribution in [3.8, 4) is 5.75 Å². The second kappa shape index (κ2) is 6.65. The average molecular weight is 285 g/mol. The largest absolute Gasteiger partial charge is 0.496 e. The summed E-state index contributed by atoms with van der Waals surface area (Å²) in [4.78, 5) is 15.2. The topological polar surface area (TPSA) is 76.5 Å². The maximum Gasteiger partial charge on any atom is 0.319 e.